The Morgan fingerprint density at radius 1 is 1.33 bits per heavy atom. The normalized spacial score (nSPS) is 10.8. The van der Waals surface area contributed by atoms with Crippen molar-refractivity contribution in [1.29, 1.82) is 0 Å². The van der Waals surface area contributed by atoms with Gasteiger partial charge in [-0.25, -0.2) is 15.0 Å². The van der Waals surface area contributed by atoms with Crippen LogP contribution in [0.4, 0.5) is 11.6 Å². The van der Waals surface area contributed by atoms with Crippen LogP contribution in [-0.4, -0.2) is 25.8 Å². The molecule has 0 spiro atoms. The Kier molecular flexibility index (Phi) is 3.02. The molecule has 0 bridgehead atoms. The van der Waals surface area contributed by atoms with Crippen molar-refractivity contribution in [2.24, 2.45) is 0 Å². The Bertz CT molecular complexity index is 839. The van der Waals surface area contributed by atoms with E-state index in [1.54, 1.807) is 0 Å². The van der Waals surface area contributed by atoms with Crippen LogP contribution >= 0.6 is 0 Å². The zero-order valence-electron chi connectivity index (χ0n) is 11.6. The molecule has 0 saturated heterocycles. The molecule has 4 N–H and O–H groups in total. The summed E-state index contributed by atoms with van der Waals surface area (Å²) in [6, 6.07) is 5.90. The molecule has 3 rings (SSSR count). The number of imidazole rings is 1. The number of nitrogen functional groups attached to an aromatic ring is 1. The zero-order valence-corrected chi connectivity index (χ0v) is 11.6. The van der Waals surface area contributed by atoms with Gasteiger partial charge in [-0.05, 0) is 24.6 Å². The molecule has 0 aliphatic heterocycles. The Hall–Kier alpha value is -2.96. The van der Waals surface area contributed by atoms with Crippen LogP contribution in [0.1, 0.15) is 12.5 Å². The third kappa shape index (κ3) is 2.53. The first kappa shape index (κ1) is 13.0. The van der Waals surface area contributed by atoms with Gasteiger partial charge in [0.1, 0.15) is 0 Å². The fraction of sp³-hybridized carbons (Fsp3) is 0.143. The molecule has 0 aliphatic carbocycles. The summed E-state index contributed by atoms with van der Waals surface area (Å²) >= 11 is 0. The van der Waals surface area contributed by atoms with Gasteiger partial charge >= 0.3 is 0 Å². The lowest BCUT2D eigenvalue weighted by Gasteiger charge is -2.04. The summed E-state index contributed by atoms with van der Waals surface area (Å²) in [5.74, 6) is 0.885. The molecule has 7 heteroatoms. The quantitative estimate of drug-likeness (QED) is 0.664. The molecular weight excluding hydrogens is 268 g/mol. The monoisotopic (exact) mass is 282 g/mol. The van der Waals surface area contributed by atoms with Gasteiger partial charge in [0.2, 0.25) is 5.91 Å². The van der Waals surface area contributed by atoms with Crippen LogP contribution in [0.2, 0.25) is 0 Å². The molecule has 0 unspecified atom stereocenters. The molecule has 1 amide bonds. The Balaban J connectivity index is 2.10. The third-order valence-electron chi connectivity index (χ3n) is 2.97. The first-order valence-corrected chi connectivity index (χ1v) is 6.40. The molecule has 0 fully saturated rings. The van der Waals surface area contributed by atoms with Gasteiger partial charge in [-0.3, -0.25) is 4.79 Å². The number of aromatic nitrogens is 4. The van der Waals surface area contributed by atoms with E-state index in [1.807, 2.05) is 25.1 Å². The summed E-state index contributed by atoms with van der Waals surface area (Å²) in [6.45, 7) is 3.41. The predicted octanol–water partition coefficient (Wildman–Crippen LogP) is 1.87. The van der Waals surface area contributed by atoms with Gasteiger partial charge in [0, 0.05) is 6.92 Å². The lowest BCUT2D eigenvalue weighted by Crippen LogP contribution is -2.09. The maximum absolute atomic E-state index is 11.1. The largest absolute Gasteiger partial charge is 0.382 e. The number of anilines is 2. The maximum Gasteiger partial charge on any atom is 0.222 e. The highest BCUT2D eigenvalue weighted by molar-refractivity contribution is 5.88. The number of aryl methyl sites for hydroxylation is 1. The second-order valence-electron chi connectivity index (χ2n) is 4.78. The van der Waals surface area contributed by atoms with Crippen molar-refractivity contribution in [2.75, 3.05) is 11.1 Å². The Labute approximate surface area is 120 Å². The van der Waals surface area contributed by atoms with Crippen LogP contribution in [-0.2, 0) is 4.79 Å². The summed E-state index contributed by atoms with van der Waals surface area (Å²) < 4.78 is 0. The second kappa shape index (κ2) is 4.86. The second-order valence-corrected chi connectivity index (χ2v) is 4.78. The van der Waals surface area contributed by atoms with E-state index in [0.29, 0.717) is 17.3 Å². The van der Waals surface area contributed by atoms with Crippen LogP contribution in [0, 0.1) is 6.92 Å². The average molecular weight is 282 g/mol. The number of carbonyl (C=O) groups excluding carboxylic acids is 1. The number of amides is 1. The van der Waals surface area contributed by atoms with Crippen LogP contribution in [0.25, 0.3) is 22.6 Å². The number of aromatic amines is 1. The number of nitrogens with zero attached hydrogens (tertiary/aromatic N) is 3. The molecule has 21 heavy (non-hydrogen) atoms. The molecule has 3 aromatic rings. The van der Waals surface area contributed by atoms with E-state index in [1.165, 1.54) is 13.1 Å². The minimum Gasteiger partial charge on any atom is -0.382 e. The number of rotatable bonds is 2. The summed E-state index contributed by atoms with van der Waals surface area (Å²) in [7, 11) is 0. The van der Waals surface area contributed by atoms with Crippen LogP contribution in [0.15, 0.2) is 24.4 Å². The van der Waals surface area contributed by atoms with E-state index in [4.69, 9.17) is 5.73 Å². The lowest BCUT2D eigenvalue weighted by atomic mass is 10.2. The summed E-state index contributed by atoms with van der Waals surface area (Å²) in [5.41, 5.74) is 9.12. The predicted molar refractivity (Wildman–Crippen MR) is 80.6 cm³/mol. The van der Waals surface area contributed by atoms with Gasteiger partial charge in [0.25, 0.3) is 0 Å². The van der Waals surface area contributed by atoms with Crippen LogP contribution in [0.3, 0.4) is 0 Å². The summed E-state index contributed by atoms with van der Waals surface area (Å²) in [4.78, 5) is 27.0. The van der Waals surface area contributed by atoms with Crippen molar-refractivity contribution >= 4 is 28.6 Å². The number of hydrogen-bond donors (Lipinski definition) is 3. The third-order valence-corrected chi connectivity index (χ3v) is 2.97. The van der Waals surface area contributed by atoms with Gasteiger partial charge in [-0.1, -0.05) is 6.07 Å². The number of H-pyrrole nitrogens is 1. The summed E-state index contributed by atoms with van der Waals surface area (Å²) in [6.07, 6.45) is 1.41. The lowest BCUT2D eigenvalue weighted by molar-refractivity contribution is -0.114. The SMILES string of the molecule is CC(=O)Nc1cnc(N)c(-c2nc3ccc(C)cc3[nH]2)n1. The van der Waals surface area contributed by atoms with Crippen LogP contribution in [0.5, 0.6) is 0 Å². The molecule has 0 aliphatic rings. The molecule has 2 aromatic heterocycles. The Morgan fingerprint density at radius 3 is 2.90 bits per heavy atom. The number of nitrogens with two attached hydrogens (primary N) is 1. The first-order valence-electron chi connectivity index (χ1n) is 6.40. The van der Waals surface area contributed by atoms with E-state index in [-0.39, 0.29) is 11.7 Å². The molecule has 0 radical (unpaired) electrons. The van der Waals surface area contributed by atoms with Gasteiger partial charge in [0.05, 0.1) is 17.2 Å². The number of nitrogens with one attached hydrogen (secondary N) is 2. The van der Waals surface area contributed by atoms with Crippen molar-refractivity contribution < 1.29 is 4.79 Å². The average Bonchev–Trinajstić information content (AvgIpc) is 2.83. The maximum atomic E-state index is 11.1. The van der Waals surface area contributed by atoms with E-state index in [9.17, 15) is 4.79 Å². The minimum absolute atomic E-state index is 0.222. The Morgan fingerprint density at radius 2 is 2.14 bits per heavy atom. The van der Waals surface area contributed by atoms with Gasteiger partial charge < -0.3 is 16.0 Å². The molecule has 0 atom stereocenters. The van der Waals surface area contributed by atoms with E-state index < -0.39 is 0 Å². The smallest absolute Gasteiger partial charge is 0.222 e. The standard InChI is InChI=1S/C14H14N6O/c1-7-3-4-9-10(5-7)19-14(18-9)12-13(15)16-6-11(20-12)17-8(2)21/h3-6H,1-2H3,(H2,15,16)(H,18,19)(H,17,20,21). The molecule has 0 saturated carbocycles. The molecule has 106 valence electrons. The zero-order chi connectivity index (χ0) is 15.0. The minimum atomic E-state index is -0.222. The first-order chi connectivity index (χ1) is 10.0. The molecule has 2 heterocycles. The van der Waals surface area contributed by atoms with E-state index in [2.05, 4.69) is 25.3 Å². The van der Waals surface area contributed by atoms with Gasteiger partial charge in [-0.2, -0.15) is 0 Å². The highest BCUT2D eigenvalue weighted by atomic mass is 16.1. The summed E-state index contributed by atoms with van der Waals surface area (Å²) in [5, 5.41) is 2.58. The molecule has 7 nitrogen and oxygen atoms in total. The number of benzene rings is 1. The number of fused-ring (bicyclic) bond motifs is 1. The van der Waals surface area contributed by atoms with Gasteiger partial charge in [-0.15, -0.1) is 0 Å². The number of carbonyl (C=O) groups is 1. The highest BCUT2D eigenvalue weighted by Gasteiger charge is 2.12. The van der Waals surface area contributed by atoms with E-state index in [0.717, 1.165) is 16.6 Å². The fourth-order valence-electron chi connectivity index (χ4n) is 2.05. The van der Waals surface area contributed by atoms with Crippen molar-refractivity contribution in [3.8, 4) is 11.5 Å². The van der Waals surface area contributed by atoms with Crippen molar-refractivity contribution in [2.45, 2.75) is 13.8 Å². The van der Waals surface area contributed by atoms with Crippen molar-refractivity contribution in [3.63, 3.8) is 0 Å². The number of hydrogen-bond acceptors (Lipinski definition) is 5. The molecular formula is C14H14N6O. The van der Waals surface area contributed by atoms with Gasteiger partial charge in [0.15, 0.2) is 23.2 Å². The van der Waals surface area contributed by atoms with Crippen molar-refractivity contribution in [3.05, 3.63) is 30.0 Å². The van der Waals surface area contributed by atoms with Crippen LogP contribution < -0.4 is 11.1 Å². The topological polar surface area (TPSA) is 110 Å². The van der Waals surface area contributed by atoms with Crippen molar-refractivity contribution in [1.82, 2.24) is 19.9 Å². The fourth-order valence-corrected chi connectivity index (χ4v) is 2.05. The molecule has 1 aromatic carbocycles. The highest BCUT2D eigenvalue weighted by Crippen LogP contribution is 2.24. The van der Waals surface area contributed by atoms with E-state index >= 15 is 0 Å².